The largest absolute Gasteiger partial charge is 0.436 e. The van der Waals surface area contributed by atoms with Crippen LogP contribution in [-0.4, -0.2) is 25.5 Å². The van der Waals surface area contributed by atoms with Crippen molar-refractivity contribution in [3.63, 3.8) is 0 Å². The molecule has 0 spiro atoms. The first-order chi connectivity index (χ1) is 10.6. The molecule has 0 fully saturated rings. The quantitative estimate of drug-likeness (QED) is 0.866. The summed E-state index contributed by atoms with van der Waals surface area (Å²) < 4.78 is 40.9. The minimum atomic E-state index is -4.57. The van der Waals surface area contributed by atoms with Crippen LogP contribution < -0.4 is 5.32 Å². The van der Waals surface area contributed by atoms with Crippen molar-refractivity contribution in [1.29, 1.82) is 0 Å². The monoisotopic (exact) mass is 393 g/mol. The lowest BCUT2D eigenvalue weighted by atomic mass is 10.2. The van der Waals surface area contributed by atoms with Crippen LogP contribution in [0, 0.1) is 13.8 Å². The van der Waals surface area contributed by atoms with Gasteiger partial charge in [-0.2, -0.15) is 23.4 Å². The van der Waals surface area contributed by atoms with Gasteiger partial charge in [-0.15, -0.1) is 0 Å². The fourth-order valence-electron chi connectivity index (χ4n) is 1.96. The number of amides is 1. The van der Waals surface area contributed by atoms with E-state index in [0.717, 1.165) is 15.9 Å². The lowest BCUT2D eigenvalue weighted by Crippen LogP contribution is -2.28. The third-order valence-corrected chi connectivity index (χ3v) is 4.46. The van der Waals surface area contributed by atoms with Gasteiger partial charge >= 0.3 is 6.18 Å². The maximum atomic E-state index is 12.8. The van der Waals surface area contributed by atoms with Gasteiger partial charge < -0.3 is 5.32 Å². The number of nitrogens with zero attached hydrogens (tertiary/aromatic N) is 4. The van der Waals surface area contributed by atoms with E-state index in [-0.39, 0.29) is 23.3 Å². The van der Waals surface area contributed by atoms with Crippen LogP contribution in [0.25, 0.3) is 0 Å². The molecule has 0 bridgehead atoms. The molecule has 0 aliphatic heterocycles. The number of rotatable bonds is 4. The van der Waals surface area contributed by atoms with Crippen LogP contribution in [0.3, 0.4) is 0 Å². The Morgan fingerprint density at radius 1 is 1.35 bits per heavy atom. The van der Waals surface area contributed by atoms with Crippen LogP contribution in [0.4, 0.5) is 13.2 Å². The van der Waals surface area contributed by atoms with E-state index < -0.39 is 17.8 Å². The number of hydrogen-bond donors (Lipinski definition) is 1. The summed E-state index contributed by atoms with van der Waals surface area (Å²) in [6.45, 7) is 3.29. The Labute approximate surface area is 138 Å². The van der Waals surface area contributed by atoms with Crippen molar-refractivity contribution < 1.29 is 18.0 Å². The number of carbonyl (C=O) groups is 1. The van der Waals surface area contributed by atoms with E-state index in [1.807, 2.05) is 6.92 Å². The Kier molecular flexibility index (Phi) is 4.83. The lowest BCUT2D eigenvalue weighted by molar-refractivity contribution is -0.142. The molecular weight excluding hydrogens is 379 g/mol. The first-order valence-electron chi connectivity index (χ1n) is 6.65. The zero-order chi connectivity index (χ0) is 17.4. The van der Waals surface area contributed by atoms with Crippen molar-refractivity contribution >= 4 is 21.8 Å². The second-order valence-electron chi connectivity index (χ2n) is 5.06. The van der Waals surface area contributed by atoms with Crippen LogP contribution in [0.1, 0.15) is 22.6 Å². The van der Waals surface area contributed by atoms with E-state index in [9.17, 15) is 18.0 Å². The second-order valence-corrected chi connectivity index (χ2v) is 5.85. The van der Waals surface area contributed by atoms with Crippen molar-refractivity contribution in [3.05, 3.63) is 33.3 Å². The van der Waals surface area contributed by atoms with Crippen LogP contribution >= 0.6 is 15.9 Å². The van der Waals surface area contributed by atoms with Crippen LogP contribution in [0.5, 0.6) is 0 Å². The molecular formula is C13H15BrF3N5O. The predicted molar refractivity (Wildman–Crippen MR) is 79.5 cm³/mol. The van der Waals surface area contributed by atoms with Crippen LogP contribution in [0.15, 0.2) is 10.7 Å². The summed E-state index contributed by atoms with van der Waals surface area (Å²) in [7, 11) is 1.78. The maximum absolute atomic E-state index is 12.8. The Bertz CT molecular complexity index is 735. The van der Waals surface area contributed by atoms with E-state index >= 15 is 0 Å². The van der Waals surface area contributed by atoms with Gasteiger partial charge in [-0.1, -0.05) is 0 Å². The van der Waals surface area contributed by atoms with E-state index in [4.69, 9.17) is 0 Å². The summed E-state index contributed by atoms with van der Waals surface area (Å²) in [4.78, 5) is 11.9. The summed E-state index contributed by atoms with van der Waals surface area (Å²) in [5.74, 6) is -0.430. The second kappa shape index (κ2) is 6.34. The molecule has 0 unspecified atom stereocenters. The topological polar surface area (TPSA) is 64.7 Å². The van der Waals surface area contributed by atoms with Crippen LogP contribution in [-0.2, 0) is 31.1 Å². The third kappa shape index (κ3) is 3.74. The van der Waals surface area contributed by atoms with Crippen molar-refractivity contribution in [3.8, 4) is 0 Å². The minimum Gasteiger partial charge on any atom is -0.350 e. The fourth-order valence-corrected chi connectivity index (χ4v) is 2.47. The molecule has 2 rings (SSSR count). The molecule has 10 heteroatoms. The number of carbonyl (C=O) groups excluding carboxylic acids is 1. The van der Waals surface area contributed by atoms with Gasteiger partial charge in [-0.3, -0.25) is 14.2 Å². The fraction of sp³-hybridized carbons (Fsp3) is 0.462. The first kappa shape index (κ1) is 17.5. The number of aromatic nitrogens is 4. The highest BCUT2D eigenvalue weighted by molar-refractivity contribution is 9.10. The molecule has 6 nitrogen and oxygen atoms in total. The van der Waals surface area contributed by atoms with Gasteiger partial charge in [0.1, 0.15) is 6.54 Å². The average Bonchev–Trinajstić information content (AvgIpc) is 2.92. The smallest absolute Gasteiger partial charge is 0.350 e. The highest BCUT2D eigenvalue weighted by atomic mass is 79.9. The number of nitrogens with one attached hydrogen (secondary N) is 1. The van der Waals surface area contributed by atoms with Gasteiger partial charge in [0.2, 0.25) is 5.91 Å². The molecule has 2 heterocycles. The Morgan fingerprint density at radius 3 is 2.48 bits per heavy atom. The molecule has 2 aromatic heterocycles. The Hall–Kier alpha value is -1.84. The molecule has 0 atom stereocenters. The number of halogens is 4. The van der Waals surface area contributed by atoms with Gasteiger partial charge in [0.05, 0.1) is 16.4 Å². The molecule has 0 saturated carbocycles. The van der Waals surface area contributed by atoms with E-state index in [2.05, 4.69) is 31.4 Å². The van der Waals surface area contributed by atoms with Crippen molar-refractivity contribution in [2.75, 3.05) is 0 Å². The van der Waals surface area contributed by atoms with E-state index in [1.54, 1.807) is 17.9 Å². The zero-order valence-corrected chi connectivity index (χ0v) is 14.3. The summed E-state index contributed by atoms with van der Waals surface area (Å²) in [6.07, 6.45) is -2.94. The number of aryl methyl sites for hydroxylation is 1. The third-order valence-electron chi connectivity index (χ3n) is 3.51. The van der Waals surface area contributed by atoms with E-state index in [0.29, 0.717) is 0 Å². The molecule has 126 valence electrons. The molecule has 1 amide bonds. The van der Waals surface area contributed by atoms with Crippen molar-refractivity contribution in [2.24, 2.45) is 7.05 Å². The summed E-state index contributed by atoms with van der Waals surface area (Å²) in [6, 6.07) is 0. The molecule has 0 saturated heterocycles. The SMILES string of the molecule is Cc1c(CNC(=O)Cn2nc(C(F)(F)F)c(Br)c2C)cnn1C. The lowest BCUT2D eigenvalue weighted by Gasteiger charge is -2.07. The summed E-state index contributed by atoms with van der Waals surface area (Å²) in [5.41, 5.74) is 0.953. The molecule has 0 radical (unpaired) electrons. The first-order valence-corrected chi connectivity index (χ1v) is 7.44. The van der Waals surface area contributed by atoms with Gasteiger partial charge in [0, 0.05) is 24.8 Å². The number of hydrogen-bond acceptors (Lipinski definition) is 3. The van der Waals surface area contributed by atoms with Crippen LogP contribution in [0.2, 0.25) is 0 Å². The molecule has 0 aromatic carbocycles. The average molecular weight is 394 g/mol. The molecule has 0 aliphatic rings. The van der Waals surface area contributed by atoms with Crippen molar-refractivity contribution in [1.82, 2.24) is 24.9 Å². The Morgan fingerprint density at radius 2 is 2.00 bits per heavy atom. The highest BCUT2D eigenvalue weighted by Gasteiger charge is 2.38. The molecule has 0 aliphatic carbocycles. The molecule has 1 N–H and O–H groups in total. The predicted octanol–water partition coefficient (Wildman–Crippen LogP) is 2.33. The highest BCUT2D eigenvalue weighted by Crippen LogP contribution is 2.35. The minimum absolute atomic E-state index is 0.152. The molecule has 2 aromatic rings. The van der Waals surface area contributed by atoms with Gasteiger partial charge in [0.25, 0.3) is 0 Å². The zero-order valence-electron chi connectivity index (χ0n) is 12.7. The van der Waals surface area contributed by atoms with Gasteiger partial charge in [0.15, 0.2) is 5.69 Å². The summed E-state index contributed by atoms with van der Waals surface area (Å²) >= 11 is 2.87. The van der Waals surface area contributed by atoms with E-state index in [1.165, 1.54) is 6.92 Å². The number of alkyl halides is 3. The molecule has 23 heavy (non-hydrogen) atoms. The Balaban J connectivity index is 2.05. The van der Waals surface area contributed by atoms with Gasteiger partial charge in [-0.05, 0) is 29.8 Å². The standard InChI is InChI=1S/C13H15BrF3N5O/c1-7-9(5-19-21(7)3)4-18-10(23)6-22-8(2)11(14)12(20-22)13(15,16)17/h5H,4,6H2,1-3H3,(H,18,23). The summed E-state index contributed by atoms with van der Waals surface area (Å²) in [5, 5.41) is 10.2. The normalized spacial score (nSPS) is 11.8. The maximum Gasteiger partial charge on any atom is 0.436 e. The van der Waals surface area contributed by atoms with Crippen molar-refractivity contribution in [2.45, 2.75) is 33.1 Å². The van der Waals surface area contributed by atoms with Gasteiger partial charge in [-0.25, -0.2) is 0 Å².